The third kappa shape index (κ3) is 3.32. The van der Waals surface area contributed by atoms with Gasteiger partial charge in [-0.05, 0) is 53.1 Å². The topological polar surface area (TPSA) is 12.0 Å². The third-order valence-corrected chi connectivity index (χ3v) is 3.59. The highest BCUT2D eigenvalue weighted by Gasteiger charge is 2.13. The molecule has 0 aliphatic rings. The molecule has 1 aromatic heterocycles. The van der Waals surface area contributed by atoms with Gasteiger partial charge in [0, 0.05) is 5.02 Å². The van der Waals surface area contributed by atoms with Gasteiger partial charge in [0.05, 0.1) is 6.04 Å². The van der Waals surface area contributed by atoms with Crippen LogP contribution < -0.4 is 5.32 Å². The summed E-state index contributed by atoms with van der Waals surface area (Å²) in [7, 11) is 0. The summed E-state index contributed by atoms with van der Waals surface area (Å²) in [6, 6.07) is 10.5. The summed E-state index contributed by atoms with van der Waals surface area (Å²) in [4.78, 5) is 0. The smallest absolute Gasteiger partial charge is 0.0585 e. The van der Waals surface area contributed by atoms with Crippen molar-refractivity contribution in [1.82, 2.24) is 5.32 Å². The Balaban J connectivity index is 2.27. The molecule has 0 aliphatic heterocycles. The first kappa shape index (κ1) is 12.6. The fourth-order valence-corrected chi connectivity index (χ4v) is 2.73. The van der Waals surface area contributed by atoms with Gasteiger partial charge in [-0.25, -0.2) is 0 Å². The van der Waals surface area contributed by atoms with Crippen molar-refractivity contribution >= 4 is 22.9 Å². The van der Waals surface area contributed by atoms with Crippen LogP contribution in [0.3, 0.4) is 0 Å². The average Bonchev–Trinajstić information content (AvgIpc) is 2.83. The van der Waals surface area contributed by atoms with Crippen molar-refractivity contribution in [1.29, 1.82) is 0 Å². The molecule has 1 N–H and O–H groups in total. The van der Waals surface area contributed by atoms with Crippen LogP contribution in [0.1, 0.15) is 30.5 Å². The maximum absolute atomic E-state index is 6.06. The van der Waals surface area contributed by atoms with Crippen LogP contribution in [0.15, 0.2) is 41.1 Å². The van der Waals surface area contributed by atoms with E-state index in [2.05, 4.69) is 35.1 Å². The van der Waals surface area contributed by atoms with Crippen molar-refractivity contribution in [3.63, 3.8) is 0 Å². The summed E-state index contributed by atoms with van der Waals surface area (Å²) in [6.45, 7) is 3.18. The molecule has 0 amide bonds. The normalized spacial score (nSPS) is 12.6. The monoisotopic (exact) mass is 265 g/mol. The Morgan fingerprint density at radius 1 is 1.29 bits per heavy atom. The summed E-state index contributed by atoms with van der Waals surface area (Å²) in [5.41, 5.74) is 2.54. The van der Waals surface area contributed by atoms with E-state index in [0.717, 1.165) is 18.0 Å². The van der Waals surface area contributed by atoms with Crippen LogP contribution in [0.4, 0.5) is 0 Å². The number of hydrogen-bond donors (Lipinski definition) is 1. The first-order valence-electron chi connectivity index (χ1n) is 5.82. The molecule has 2 rings (SSSR count). The second-order valence-corrected chi connectivity index (χ2v) is 5.22. The quantitative estimate of drug-likeness (QED) is 0.840. The highest BCUT2D eigenvalue weighted by molar-refractivity contribution is 7.08. The summed E-state index contributed by atoms with van der Waals surface area (Å²) < 4.78 is 0. The molecule has 1 atom stereocenters. The van der Waals surface area contributed by atoms with Crippen molar-refractivity contribution in [3.8, 4) is 0 Å². The van der Waals surface area contributed by atoms with Gasteiger partial charge in [0.15, 0.2) is 0 Å². The van der Waals surface area contributed by atoms with E-state index < -0.39 is 0 Å². The minimum Gasteiger partial charge on any atom is -0.306 e. The second-order valence-electron chi connectivity index (χ2n) is 4.00. The maximum atomic E-state index is 6.06. The molecule has 0 spiro atoms. The molecule has 1 aromatic carbocycles. The molecule has 1 nitrogen and oxygen atoms in total. The van der Waals surface area contributed by atoms with E-state index in [9.17, 15) is 0 Å². The van der Waals surface area contributed by atoms with Crippen molar-refractivity contribution in [2.45, 2.75) is 19.4 Å². The van der Waals surface area contributed by atoms with E-state index in [-0.39, 0.29) is 6.04 Å². The van der Waals surface area contributed by atoms with Gasteiger partial charge in [0.2, 0.25) is 0 Å². The van der Waals surface area contributed by atoms with Crippen molar-refractivity contribution in [2.24, 2.45) is 0 Å². The van der Waals surface area contributed by atoms with Crippen LogP contribution in [0, 0.1) is 0 Å². The van der Waals surface area contributed by atoms with E-state index in [4.69, 9.17) is 11.6 Å². The van der Waals surface area contributed by atoms with Crippen LogP contribution in [-0.4, -0.2) is 6.54 Å². The van der Waals surface area contributed by atoms with Crippen LogP contribution >= 0.6 is 22.9 Å². The number of thiophene rings is 1. The SMILES string of the molecule is CCCNC(c1ccsc1)c1cccc(Cl)c1. The number of benzene rings is 1. The predicted octanol–water partition coefficient (Wildman–Crippen LogP) is 4.49. The zero-order valence-electron chi connectivity index (χ0n) is 9.82. The molecule has 1 heterocycles. The summed E-state index contributed by atoms with van der Waals surface area (Å²) in [5, 5.41) is 8.66. The molecule has 0 radical (unpaired) electrons. The lowest BCUT2D eigenvalue weighted by Crippen LogP contribution is -2.22. The summed E-state index contributed by atoms with van der Waals surface area (Å²) in [6.07, 6.45) is 1.13. The molecule has 0 aliphatic carbocycles. The van der Waals surface area contributed by atoms with E-state index in [1.54, 1.807) is 11.3 Å². The molecule has 2 aromatic rings. The average molecular weight is 266 g/mol. The van der Waals surface area contributed by atoms with Gasteiger partial charge < -0.3 is 5.32 Å². The van der Waals surface area contributed by atoms with Gasteiger partial charge in [-0.1, -0.05) is 30.7 Å². The van der Waals surface area contributed by atoms with E-state index in [1.165, 1.54) is 11.1 Å². The molecule has 1 unspecified atom stereocenters. The molecule has 0 bridgehead atoms. The van der Waals surface area contributed by atoms with Gasteiger partial charge in [-0.3, -0.25) is 0 Å². The minimum absolute atomic E-state index is 0.250. The molecule has 0 fully saturated rings. The minimum atomic E-state index is 0.250. The highest BCUT2D eigenvalue weighted by atomic mass is 35.5. The highest BCUT2D eigenvalue weighted by Crippen LogP contribution is 2.25. The molecular formula is C14H16ClNS. The van der Waals surface area contributed by atoms with E-state index in [1.807, 2.05) is 18.2 Å². The molecule has 90 valence electrons. The first-order chi connectivity index (χ1) is 8.31. The molecular weight excluding hydrogens is 250 g/mol. The van der Waals surface area contributed by atoms with Crippen molar-refractivity contribution < 1.29 is 0 Å². The first-order valence-corrected chi connectivity index (χ1v) is 7.14. The van der Waals surface area contributed by atoms with Gasteiger partial charge in [0.25, 0.3) is 0 Å². The Bertz CT molecular complexity index is 453. The number of rotatable bonds is 5. The zero-order chi connectivity index (χ0) is 12.1. The van der Waals surface area contributed by atoms with Crippen LogP contribution in [0.5, 0.6) is 0 Å². The van der Waals surface area contributed by atoms with Crippen molar-refractivity contribution in [2.75, 3.05) is 6.54 Å². The van der Waals surface area contributed by atoms with Gasteiger partial charge in [0.1, 0.15) is 0 Å². The second kappa shape index (κ2) is 6.20. The molecule has 3 heteroatoms. The summed E-state index contributed by atoms with van der Waals surface area (Å²) >= 11 is 7.79. The van der Waals surface area contributed by atoms with E-state index in [0.29, 0.717) is 0 Å². The third-order valence-electron chi connectivity index (χ3n) is 2.66. The lowest BCUT2D eigenvalue weighted by Gasteiger charge is -2.18. The Morgan fingerprint density at radius 3 is 2.82 bits per heavy atom. The zero-order valence-corrected chi connectivity index (χ0v) is 11.4. The van der Waals surface area contributed by atoms with Crippen molar-refractivity contribution in [3.05, 3.63) is 57.2 Å². The number of nitrogens with one attached hydrogen (secondary N) is 1. The van der Waals surface area contributed by atoms with Gasteiger partial charge in [-0.2, -0.15) is 11.3 Å². The number of hydrogen-bond acceptors (Lipinski definition) is 2. The lowest BCUT2D eigenvalue weighted by atomic mass is 10.0. The predicted molar refractivity (Wildman–Crippen MR) is 75.9 cm³/mol. The van der Waals surface area contributed by atoms with Gasteiger partial charge in [-0.15, -0.1) is 0 Å². The fourth-order valence-electron chi connectivity index (χ4n) is 1.84. The van der Waals surface area contributed by atoms with Crippen LogP contribution in [0.25, 0.3) is 0 Å². The van der Waals surface area contributed by atoms with Gasteiger partial charge >= 0.3 is 0 Å². The van der Waals surface area contributed by atoms with E-state index >= 15 is 0 Å². The Morgan fingerprint density at radius 2 is 2.18 bits per heavy atom. The molecule has 0 saturated heterocycles. The van der Waals surface area contributed by atoms with Crippen LogP contribution in [-0.2, 0) is 0 Å². The molecule has 17 heavy (non-hydrogen) atoms. The fraction of sp³-hybridized carbons (Fsp3) is 0.286. The Kier molecular flexibility index (Phi) is 4.60. The lowest BCUT2D eigenvalue weighted by molar-refractivity contribution is 0.600. The Labute approximate surface area is 111 Å². The summed E-state index contributed by atoms with van der Waals surface area (Å²) in [5.74, 6) is 0. The number of halogens is 1. The Hall–Kier alpha value is -0.830. The maximum Gasteiger partial charge on any atom is 0.0585 e. The van der Waals surface area contributed by atoms with Crippen LogP contribution in [0.2, 0.25) is 5.02 Å². The largest absolute Gasteiger partial charge is 0.306 e. The standard InChI is InChI=1S/C14H16ClNS/c1-2-7-16-14(12-6-8-17-10-12)11-4-3-5-13(15)9-11/h3-6,8-10,14,16H,2,7H2,1H3. The molecule has 0 saturated carbocycles.